The number of benzene rings is 1. The molecule has 0 bridgehead atoms. The molecule has 1 atom stereocenters. The van der Waals surface area contributed by atoms with Gasteiger partial charge in [-0.15, -0.1) is 0 Å². The molecule has 22 heavy (non-hydrogen) atoms. The van der Waals surface area contributed by atoms with E-state index < -0.39 is 12.0 Å². The van der Waals surface area contributed by atoms with E-state index in [1.165, 1.54) is 5.56 Å². The number of hydrogen-bond donors (Lipinski definition) is 2. The molecular weight excluding hydrogens is 280 g/mol. The third-order valence-electron chi connectivity index (χ3n) is 4.08. The first kappa shape index (κ1) is 16.5. The van der Waals surface area contributed by atoms with E-state index in [1.54, 1.807) is 4.90 Å². The van der Waals surface area contributed by atoms with Crippen LogP contribution in [0.4, 0.5) is 5.69 Å². The molecule has 120 valence electrons. The minimum absolute atomic E-state index is 0.128. The Kier molecular flexibility index (Phi) is 5.55. The molecule has 2 rings (SSSR count). The highest BCUT2D eigenvalue weighted by Crippen LogP contribution is 2.19. The van der Waals surface area contributed by atoms with E-state index in [1.807, 2.05) is 24.3 Å². The lowest BCUT2D eigenvalue weighted by molar-refractivity contribution is -0.145. The van der Waals surface area contributed by atoms with E-state index in [2.05, 4.69) is 19.2 Å². The molecule has 1 aliphatic rings. The summed E-state index contributed by atoms with van der Waals surface area (Å²) in [5.74, 6) is -0.598. The minimum atomic E-state index is -0.839. The van der Waals surface area contributed by atoms with Gasteiger partial charge in [0, 0.05) is 5.69 Å². The second kappa shape index (κ2) is 7.40. The Labute approximate surface area is 131 Å². The van der Waals surface area contributed by atoms with E-state index >= 15 is 0 Å². The van der Waals surface area contributed by atoms with Crippen molar-refractivity contribution in [1.82, 2.24) is 4.90 Å². The van der Waals surface area contributed by atoms with Crippen LogP contribution in [-0.2, 0) is 9.59 Å². The van der Waals surface area contributed by atoms with Crippen LogP contribution in [0.1, 0.15) is 44.6 Å². The van der Waals surface area contributed by atoms with Gasteiger partial charge >= 0.3 is 5.97 Å². The molecule has 0 spiro atoms. The van der Waals surface area contributed by atoms with E-state index in [0.717, 1.165) is 18.5 Å². The number of anilines is 1. The average Bonchev–Trinajstić information content (AvgIpc) is 2.47. The summed E-state index contributed by atoms with van der Waals surface area (Å²) in [6.07, 6.45) is 2.47. The van der Waals surface area contributed by atoms with Gasteiger partial charge in [0.1, 0.15) is 6.04 Å². The third kappa shape index (κ3) is 4.31. The normalized spacial score (nSPS) is 19.1. The summed E-state index contributed by atoms with van der Waals surface area (Å²) >= 11 is 0. The lowest BCUT2D eigenvalue weighted by Crippen LogP contribution is -2.47. The zero-order valence-corrected chi connectivity index (χ0v) is 13.2. The maximum absolute atomic E-state index is 12.2. The first-order chi connectivity index (χ1) is 10.5. The first-order valence-electron chi connectivity index (χ1n) is 7.84. The van der Waals surface area contributed by atoms with Gasteiger partial charge in [-0.05, 0) is 43.0 Å². The van der Waals surface area contributed by atoms with Gasteiger partial charge in [0.2, 0.25) is 5.91 Å². The second-order valence-corrected chi connectivity index (χ2v) is 6.15. The van der Waals surface area contributed by atoms with Gasteiger partial charge in [0.25, 0.3) is 0 Å². The predicted octanol–water partition coefficient (Wildman–Crippen LogP) is 2.69. The van der Waals surface area contributed by atoms with Crippen LogP contribution in [0.5, 0.6) is 0 Å². The molecule has 1 saturated heterocycles. The minimum Gasteiger partial charge on any atom is -0.480 e. The zero-order valence-electron chi connectivity index (χ0n) is 13.2. The number of hydrogen-bond acceptors (Lipinski definition) is 3. The number of carboxylic acids is 1. The highest BCUT2D eigenvalue weighted by Gasteiger charge is 2.29. The molecule has 0 radical (unpaired) electrons. The van der Waals surface area contributed by atoms with Crippen LogP contribution in [-0.4, -0.2) is 41.0 Å². The molecule has 0 aliphatic carbocycles. The van der Waals surface area contributed by atoms with Crippen molar-refractivity contribution in [3.05, 3.63) is 29.8 Å². The van der Waals surface area contributed by atoms with Crippen molar-refractivity contribution in [2.75, 3.05) is 18.4 Å². The Morgan fingerprint density at radius 2 is 2.14 bits per heavy atom. The van der Waals surface area contributed by atoms with Crippen molar-refractivity contribution >= 4 is 17.6 Å². The number of amides is 1. The maximum Gasteiger partial charge on any atom is 0.320 e. The molecule has 2 N–H and O–H groups in total. The van der Waals surface area contributed by atoms with Crippen LogP contribution >= 0.6 is 0 Å². The van der Waals surface area contributed by atoms with Crippen molar-refractivity contribution in [3.8, 4) is 0 Å². The molecule has 0 aromatic heterocycles. The number of piperidine rings is 1. The number of likely N-dealkylation sites (tertiary alicyclic amines) is 1. The fourth-order valence-corrected chi connectivity index (χ4v) is 2.82. The number of nitrogens with one attached hydrogen (secondary N) is 1. The van der Waals surface area contributed by atoms with Crippen molar-refractivity contribution in [2.24, 2.45) is 0 Å². The second-order valence-electron chi connectivity index (χ2n) is 6.15. The fraction of sp³-hybridized carbons (Fsp3) is 0.529. The third-order valence-corrected chi connectivity index (χ3v) is 4.08. The number of rotatable bonds is 5. The van der Waals surface area contributed by atoms with E-state index in [-0.39, 0.29) is 12.5 Å². The molecule has 1 unspecified atom stereocenters. The SMILES string of the molecule is CC(C)c1cccc(NC(=O)CN2CCCCC2C(=O)O)c1. The molecule has 0 saturated carbocycles. The summed E-state index contributed by atoms with van der Waals surface area (Å²) in [4.78, 5) is 25.2. The Bertz CT molecular complexity index is 542. The molecule has 1 fully saturated rings. The lowest BCUT2D eigenvalue weighted by atomic mass is 10.0. The molecule has 5 nitrogen and oxygen atoms in total. The fourth-order valence-electron chi connectivity index (χ4n) is 2.82. The zero-order chi connectivity index (χ0) is 16.1. The van der Waals surface area contributed by atoms with Gasteiger partial charge in [-0.25, -0.2) is 0 Å². The first-order valence-corrected chi connectivity index (χ1v) is 7.84. The monoisotopic (exact) mass is 304 g/mol. The Hall–Kier alpha value is -1.88. The van der Waals surface area contributed by atoms with Crippen LogP contribution in [0.3, 0.4) is 0 Å². The molecule has 1 aliphatic heterocycles. The summed E-state index contributed by atoms with van der Waals surface area (Å²) in [7, 11) is 0. The van der Waals surface area contributed by atoms with Crippen LogP contribution < -0.4 is 5.32 Å². The molecular formula is C17H24N2O3. The Morgan fingerprint density at radius 1 is 1.36 bits per heavy atom. The van der Waals surface area contributed by atoms with Crippen molar-refractivity contribution in [2.45, 2.75) is 45.1 Å². The van der Waals surface area contributed by atoms with Crippen LogP contribution in [0.25, 0.3) is 0 Å². The molecule has 5 heteroatoms. The quantitative estimate of drug-likeness (QED) is 0.877. The summed E-state index contributed by atoms with van der Waals surface area (Å²) in [5, 5.41) is 12.1. The summed E-state index contributed by atoms with van der Waals surface area (Å²) in [6.45, 7) is 5.00. The number of carbonyl (C=O) groups excluding carboxylic acids is 1. The van der Waals surface area contributed by atoms with Crippen LogP contribution in [0.2, 0.25) is 0 Å². The number of nitrogens with zero attached hydrogens (tertiary/aromatic N) is 1. The van der Waals surface area contributed by atoms with Crippen molar-refractivity contribution in [3.63, 3.8) is 0 Å². The van der Waals surface area contributed by atoms with Gasteiger partial charge < -0.3 is 10.4 Å². The van der Waals surface area contributed by atoms with Crippen LogP contribution in [0.15, 0.2) is 24.3 Å². The number of carboxylic acid groups (broad SMARTS) is 1. The maximum atomic E-state index is 12.2. The average molecular weight is 304 g/mol. The molecule has 1 amide bonds. The van der Waals surface area contributed by atoms with E-state index in [9.17, 15) is 14.7 Å². The lowest BCUT2D eigenvalue weighted by Gasteiger charge is -2.32. The van der Waals surface area contributed by atoms with Gasteiger partial charge in [-0.3, -0.25) is 14.5 Å². The van der Waals surface area contributed by atoms with Crippen LogP contribution in [0, 0.1) is 0 Å². The standard InChI is InChI=1S/C17H24N2O3/c1-12(2)13-6-5-7-14(10-13)18-16(20)11-19-9-4-3-8-15(19)17(21)22/h5-7,10,12,15H,3-4,8-9,11H2,1-2H3,(H,18,20)(H,21,22). The largest absolute Gasteiger partial charge is 0.480 e. The predicted molar refractivity (Wildman–Crippen MR) is 86.0 cm³/mol. The highest BCUT2D eigenvalue weighted by molar-refractivity contribution is 5.92. The van der Waals surface area contributed by atoms with Gasteiger partial charge in [-0.2, -0.15) is 0 Å². The molecule has 1 heterocycles. The summed E-state index contributed by atoms with van der Waals surface area (Å²) in [5.41, 5.74) is 1.93. The Morgan fingerprint density at radius 3 is 2.82 bits per heavy atom. The van der Waals surface area contributed by atoms with Gasteiger partial charge in [0.05, 0.1) is 6.54 Å². The number of aliphatic carboxylic acids is 1. The van der Waals surface area contributed by atoms with Gasteiger partial charge in [0.15, 0.2) is 0 Å². The summed E-state index contributed by atoms with van der Waals surface area (Å²) < 4.78 is 0. The number of carbonyl (C=O) groups is 2. The topological polar surface area (TPSA) is 69.6 Å². The Balaban J connectivity index is 1.97. The molecule has 1 aromatic rings. The highest BCUT2D eigenvalue weighted by atomic mass is 16.4. The molecule has 1 aromatic carbocycles. The van der Waals surface area contributed by atoms with Gasteiger partial charge in [-0.1, -0.05) is 32.4 Å². The smallest absolute Gasteiger partial charge is 0.320 e. The summed E-state index contributed by atoms with van der Waals surface area (Å²) in [6, 6.07) is 7.24. The van der Waals surface area contributed by atoms with E-state index in [0.29, 0.717) is 18.9 Å². The van der Waals surface area contributed by atoms with E-state index in [4.69, 9.17) is 0 Å². The van der Waals surface area contributed by atoms with Crippen molar-refractivity contribution < 1.29 is 14.7 Å². The van der Waals surface area contributed by atoms with Crippen molar-refractivity contribution in [1.29, 1.82) is 0 Å².